The Labute approximate surface area is 80.6 Å². The molecule has 2 N–H and O–H groups in total. The van der Waals surface area contributed by atoms with Gasteiger partial charge in [0.1, 0.15) is 0 Å². The summed E-state index contributed by atoms with van der Waals surface area (Å²) in [6.45, 7) is 0. The van der Waals surface area contributed by atoms with Gasteiger partial charge < -0.3 is 15.2 Å². The normalized spacial score (nSPS) is 29.5. The highest BCUT2D eigenvalue weighted by Crippen LogP contribution is 2.27. The van der Waals surface area contributed by atoms with E-state index in [1.807, 2.05) is 0 Å². The van der Waals surface area contributed by atoms with Gasteiger partial charge in [0.15, 0.2) is 6.29 Å². The van der Waals surface area contributed by atoms with E-state index in [1.54, 1.807) is 14.2 Å². The first-order valence-electron chi connectivity index (χ1n) is 5.09. The monoisotopic (exact) mass is 187 g/mol. The second kappa shape index (κ2) is 5.58. The van der Waals surface area contributed by atoms with Crippen molar-refractivity contribution in [2.75, 3.05) is 14.2 Å². The highest BCUT2D eigenvalue weighted by molar-refractivity contribution is 4.78. The van der Waals surface area contributed by atoms with Crippen LogP contribution < -0.4 is 5.73 Å². The minimum Gasteiger partial charge on any atom is -0.356 e. The third-order valence-electron chi connectivity index (χ3n) is 2.99. The molecule has 0 bridgehead atoms. The molecule has 0 amide bonds. The maximum absolute atomic E-state index is 6.03. The fourth-order valence-electron chi connectivity index (χ4n) is 2.06. The highest BCUT2D eigenvalue weighted by atomic mass is 16.7. The molecular weight excluding hydrogens is 166 g/mol. The summed E-state index contributed by atoms with van der Waals surface area (Å²) in [6.07, 6.45) is 5.83. The summed E-state index contributed by atoms with van der Waals surface area (Å²) >= 11 is 0. The average Bonchev–Trinajstić information content (AvgIpc) is 2.17. The van der Waals surface area contributed by atoms with Crippen molar-refractivity contribution < 1.29 is 9.47 Å². The maximum atomic E-state index is 6.03. The lowest BCUT2D eigenvalue weighted by Gasteiger charge is -2.30. The number of hydrogen-bond donors (Lipinski definition) is 1. The first-order chi connectivity index (χ1) is 6.27. The standard InChI is InChI=1S/C10H21NO2/c1-12-10(13-2)7-8-5-3-4-6-9(8)11/h8-10H,3-7,11H2,1-2H3/t8-,9+/m1/s1. The molecule has 1 saturated carbocycles. The minimum atomic E-state index is -0.0749. The van der Waals surface area contributed by atoms with Gasteiger partial charge >= 0.3 is 0 Å². The van der Waals surface area contributed by atoms with E-state index >= 15 is 0 Å². The zero-order valence-electron chi connectivity index (χ0n) is 8.66. The van der Waals surface area contributed by atoms with Crippen LogP contribution in [-0.4, -0.2) is 26.6 Å². The molecule has 0 aromatic rings. The Kier molecular flexibility index (Phi) is 4.70. The first kappa shape index (κ1) is 11.0. The summed E-state index contributed by atoms with van der Waals surface area (Å²) in [5.74, 6) is 0.582. The molecule has 1 aliphatic carbocycles. The Bertz CT molecular complexity index is 137. The summed E-state index contributed by atoms with van der Waals surface area (Å²) < 4.78 is 10.3. The molecule has 1 fully saturated rings. The van der Waals surface area contributed by atoms with Crippen molar-refractivity contribution >= 4 is 0 Å². The molecule has 0 aromatic carbocycles. The topological polar surface area (TPSA) is 44.5 Å². The van der Waals surface area contributed by atoms with Gasteiger partial charge in [0.2, 0.25) is 0 Å². The van der Waals surface area contributed by atoms with E-state index in [1.165, 1.54) is 19.3 Å². The predicted octanol–water partition coefficient (Wildman–Crippen LogP) is 1.51. The first-order valence-corrected chi connectivity index (χ1v) is 5.09. The summed E-state index contributed by atoms with van der Waals surface area (Å²) in [7, 11) is 3.37. The van der Waals surface area contributed by atoms with Crippen molar-refractivity contribution in [3.8, 4) is 0 Å². The maximum Gasteiger partial charge on any atom is 0.157 e. The highest BCUT2D eigenvalue weighted by Gasteiger charge is 2.24. The molecule has 2 atom stereocenters. The zero-order valence-corrected chi connectivity index (χ0v) is 8.66. The number of methoxy groups -OCH3 is 2. The molecule has 0 aromatic heterocycles. The van der Waals surface area contributed by atoms with E-state index in [-0.39, 0.29) is 6.29 Å². The van der Waals surface area contributed by atoms with Crippen LogP contribution in [0.1, 0.15) is 32.1 Å². The van der Waals surface area contributed by atoms with Gasteiger partial charge in [-0.15, -0.1) is 0 Å². The van der Waals surface area contributed by atoms with Crippen LogP contribution in [0, 0.1) is 5.92 Å². The van der Waals surface area contributed by atoms with Crippen molar-refractivity contribution in [2.24, 2.45) is 11.7 Å². The van der Waals surface area contributed by atoms with Crippen LogP contribution in [0.15, 0.2) is 0 Å². The fraction of sp³-hybridized carbons (Fsp3) is 1.00. The van der Waals surface area contributed by atoms with E-state index in [2.05, 4.69) is 0 Å². The fourth-order valence-corrected chi connectivity index (χ4v) is 2.06. The minimum absolute atomic E-state index is 0.0749. The van der Waals surface area contributed by atoms with Gasteiger partial charge in [-0.05, 0) is 18.8 Å². The Morgan fingerprint density at radius 3 is 2.38 bits per heavy atom. The van der Waals surface area contributed by atoms with Crippen molar-refractivity contribution in [2.45, 2.75) is 44.4 Å². The van der Waals surface area contributed by atoms with Gasteiger partial charge in [-0.2, -0.15) is 0 Å². The van der Waals surface area contributed by atoms with Crippen LogP contribution in [0.5, 0.6) is 0 Å². The summed E-state index contributed by atoms with van der Waals surface area (Å²) in [4.78, 5) is 0. The second-order valence-electron chi connectivity index (χ2n) is 3.85. The van der Waals surface area contributed by atoms with Gasteiger partial charge in [0.25, 0.3) is 0 Å². The van der Waals surface area contributed by atoms with Crippen LogP contribution in [0.3, 0.4) is 0 Å². The molecule has 0 saturated heterocycles. The van der Waals surface area contributed by atoms with E-state index in [0.717, 1.165) is 12.8 Å². The lowest BCUT2D eigenvalue weighted by molar-refractivity contribution is -0.117. The van der Waals surface area contributed by atoms with Gasteiger partial charge in [-0.3, -0.25) is 0 Å². The molecule has 13 heavy (non-hydrogen) atoms. The van der Waals surface area contributed by atoms with Crippen molar-refractivity contribution in [1.29, 1.82) is 0 Å². The van der Waals surface area contributed by atoms with Crippen LogP contribution in [0.4, 0.5) is 0 Å². The van der Waals surface area contributed by atoms with Crippen molar-refractivity contribution in [3.63, 3.8) is 0 Å². The van der Waals surface area contributed by atoms with Crippen molar-refractivity contribution in [3.05, 3.63) is 0 Å². The average molecular weight is 187 g/mol. The molecule has 78 valence electrons. The molecule has 0 unspecified atom stereocenters. The SMILES string of the molecule is COC(C[C@H]1CCCC[C@@H]1N)OC. The van der Waals surface area contributed by atoms with Gasteiger partial charge in [-0.1, -0.05) is 12.8 Å². The van der Waals surface area contributed by atoms with E-state index in [0.29, 0.717) is 12.0 Å². The molecule has 0 aliphatic heterocycles. The van der Waals surface area contributed by atoms with E-state index in [4.69, 9.17) is 15.2 Å². The van der Waals surface area contributed by atoms with Gasteiger partial charge in [-0.25, -0.2) is 0 Å². The summed E-state index contributed by atoms with van der Waals surface area (Å²) in [5.41, 5.74) is 6.03. The molecular formula is C10H21NO2. The Balaban J connectivity index is 2.32. The quantitative estimate of drug-likeness (QED) is 0.678. The number of hydrogen-bond acceptors (Lipinski definition) is 3. The molecule has 3 nitrogen and oxygen atoms in total. The number of nitrogens with two attached hydrogens (primary N) is 1. The molecule has 1 rings (SSSR count). The van der Waals surface area contributed by atoms with Crippen LogP contribution >= 0.6 is 0 Å². The Hall–Kier alpha value is -0.120. The van der Waals surface area contributed by atoms with E-state index < -0.39 is 0 Å². The van der Waals surface area contributed by atoms with E-state index in [9.17, 15) is 0 Å². The lowest BCUT2D eigenvalue weighted by Crippen LogP contribution is -2.35. The van der Waals surface area contributed by atoms with Gasteiger partial charge in [0.05, 0.1) is 0 Å². The predicted molar refractivity (Wildman–Crippen MR) is 52.4 cm³/mol. The number of ether oxygens (including phenoxy) is 2. The Morgan fingerprint density at radius 1 is 1.23 bits per heavy atom. The summed E-state index contributed by atoms with van der Waals surface area (Å²) in [5, 5.41) is 0. The smallest absolute Gasteiger partial charge is 0.157 e. The van der Waals surface area contributed by atoms with Gasteiger partial charge in [0, 0.05) is 26.7 Å². The third kappa shape index (κ3) is 3.25. The molecule has 0 heterocycles. The number of rotatable bonds is 4. The molecule has 3 heteroatoms. The van der Waals surface area contributed by atoms with Crippen molar-refractivity contribution in [1.82, 2.24) is 0 Å². The lowest BCUT2D eigenvalue weighted by atomic mass is 9.83. The second-order valence-corrected chi connectivity index (χ2v) is 3.85. The largest absolute Gasteiger partial charge is 0.356 e. The zero-order chi connectivity index (χ0) is 9.68. The molecule has 0 radical (unpaired) electrons. The molecule has 0 spiro atoms. The van der Waals surface area contributed by atoms with Crippen LogP contribution in [-0.2, 0) is 9.47 Å². The third-order valence-corrected chi connectivity index (χ3v) is 2.99. The summed E-state index contributed by atoms with van der Waals surface area (Å²) in [6, 6.07) is 0.349. The molecule has 1 aliphatic rings. The van der Waals surface area contributed by atoms with Crippen LogP contribution in [0.2, 0.25) is 0 Å². The van der Waals surface area contributed by atoms with Crippen LogP contribution in [0.25, 0.3) is 0 Å². The Morgan fingerprint density at radius 2 is 1.85 bits per heavy atom.